The fourth-order valence-electron chi connectivity index (χ4n) is 11.6. The minimum absolute atomic E-state index is 0.0405. The maximum atomic E-state index is 15.7. The van der Waals surface area contributed by atoms with E-state index in [0.29, 0.717) is 48.5 Å². The van der Waals surface area contributed by atoms with Crippen LogP contribution >= 0.6 is 21.6 Å². The molecule has 61 heavy (non-hydrogen) atoms. The number of anilines is 1. The molecule has 9 rings (SSSR count). The first-order valence-electron chi connectivity index (χ1n) is 21.1. The molecule has 6 aliphatic rings. The summed E-state index contributed by atoms with van der Waals surface area (Å²) in [6.07, 6.45) is 4.02. The number of fused-ring (bicyclic) bond motifs is 6. The quantitative estimate of drug-likeness (QED) is 0.148. The summed E-state index contributed by atoms with van der Waals surface area (Å²) in [5.74, 6) is -2.48. The molecule has 13 nitrogen and oxygen atoms in total. The Morgan fingerprint density at radius 2 is 1.75 bits per heavy atom. The second-order valence-corrected chi connectivity index (χ2v) is 20.1. The van der Waals surface area contributed by atoms with E-state index in [2.05, 4.69) is 10.3 Å². The number of hydrogen-bond acceptors (Lipinski definition) is 15. The number of allylic oxidation sites excluding steroid dienone is 4. The van der Waals surface area contributed by atoms with Gasteiger partial charge in [-0.25, -0.2) is 4.98 Å². The Kier molecular flexibility index (Phi) is 11.4. The Morgan fingerprint density at radius 3 is 2.52 bits per heavy atom. The zero-order valence-corrected chi connectivity index (χ0v) is 35.2. The normalized spacial score (nSPS) is 34.1. The van der Waals surface area contributed by atoms with E-state index in [1.807, 2.05) is 30.3 Å². The van der Waals surface area contributed by atoms with Crippen molar-refractivity contribution in [2.45, 2.75) is 105 Å². The van der Waals surface area contributed by atoms with Gasteiger partial charge in [0.2, 0.25) is 6.29 Å². The van der Waals surface area contributed by atoms with Gasteiger partial charge in [-0.3, -0.25) is 9.59 Å². The predicted octanol–water partition coefficient (Wildman–Crippen LogP) is 4.93. The number of aliphatic hydroxyl groups excluding tert-OH is 6. The molecule has 1 saturated heterocycles. The van der Waals surface area contributed by atoms with E-state index in [1.54, 1.807) is 24.4 Å². The molecule has 0 radical (unpaired) electrons. The number of aliphatic hydroxyl groups is 7. The fourth-order valence-corrected chi connectivity index (χ4v) is 14.4. The minimum Gasteiger partial charge on any atom is -0.511 e. The summed E-state index contributed by atoms with van der Waals surface area (Å²) in [6, 6.07) is 15.8. The third-order valence-corrected chi connectivity index (χ3v) is 17.1. The van der Waals surface area contributed by atoms with Gasteiger partial charge in [-0.2, -0.15) is 0 Å². The molecule has 324 valence electrons. The van der Waals surface area contributed by atoms with E-state index >= 15 is 9.59 Å². The SMILES string of the molecule is O=C1c2cccc3c2C(=O)[C@@]2(C(O)=CC(Cc4cccc(CO)c4)=C[C@H]12)[C@@H](CCCO)SSCNc1cc(ccn1)C1(CCCC1)[C@H]1CC[C@]2(CO)O[C@@H](O3)[C@H](O)[C@@]1(O)[C@@H]2O. The monoisotopic (exact) mass is 872 g/mol. The van der Waals surface area contributed by atoms with Crippen molar-refractivity contribution in [2.24, 2.45) is 17.3 Å². The summed E-state index contributed by atoms with van der Waals surface area (Å²) < 4.78 is 12.8. The fraction of sp³-hybridized carbons (Fsp3) is 0.500. The van der Waals surface area contributed by atoms with Crippen LogP contribution in [0, 0.1) is 17.3 Å². The number of Topliss-reactive ketones (excluding diaryl/α,β-unsaturated/α-hetero) is 2. The second-order valence-electron chi connectivity index (χ2n) is 17.5. The molecule has 2 spiro atoms. The van der Waals surface area contributed by atoms with Crippen LogP contribution in [0.15, 0.2) is 84.3 Å². The number of nitrogens with zero attached hydrogens (tertiary/aromatic N) is 1. The molecule has 2 saturated carbocycles. The van der Waals surface area contributed by atoms with E-state index < -0.39 is 75.8 Å². The van der Waals surface area contributed by atoms with Gasteiger partial charge >= 0.3 is 0 Å². The Morgan fingerprint density at radius 1 is 0.967 bits per heavy atom. The van der Waals surface area contributed by atoms with Crippen LogP contribution in [0.25, 0.3) is 0 Å². The highest BCUT2D eigenvalue weighted by Gasteiger charge is 2.71. The van der Waals surface area contributed by atoms with Gasteiger partial charge in [0.1, 0.15) is 46.2 Å². The molecule has 1 aromatic heterocycles. The predicted molar refractivity (Wildman–Crippen MR) is 229 cm³/mol. The van der Waals surface area contributed by atoms with Gasteiger partial charge in [-0.1, -0.05) is 76.9 Å². The second kappa shape index (κ2) is 16.4. The molecule has 9 atom stereocenters. The van der Waals surface area contributed by atoms with Crippen molar-refractivity contribution >= 4 is 39.0 Å². The number of ether oxygens (including phenoxy) is 2. The third kappa shape index (κ3) is 6.60. The molecule has 7 bridgehead atoms. The third-order valence-electron chi connectivity index (χ3n) is 14.4. The summed E-state index contributed by atoms with van der Waals surface area (Å²) in [5.41, 5.74) is -3.56. The van der Waals surface area contributed by atoms with Crippen LogP contribution in [0.5, 0.6) is 5.75 Å². The number of ketones is 2. The largest absolute Gasteiger partial charge is 0.511 e. The number of aromatic nitrogens is 1. The van der Waals surface area contributed by atoms with Crippen molar-refractivity contribution in [1.82, 2.24) is 4.98 Å². The average molecular weight is 873 g/mol. The number of benzene rings is 2. The molecular weight excluding hydrogens is 821 g/mol. The smallest absolute Gasteiger partial charge is 0.229 e. The summed E-state index contributed by atoms with van der Waals surface area (Å²) in [7, 11) is 2.74. The molecule has 4 aliphatic carbocycles. The van der Waals surface area contributed by atoms with Crippen molar-refractivity contribution in [3.63, 3.8) is 0 Å². The summed E-state index contributed by atoms with van der Waals surface area (Å²) in [4.78, 5) is 35.4. The van der Waals surface area contributed by atoms with Crippen LogP contribution in [0.4, 0.5) is 5.82 Å². The van der Waals surface area contributed by atoms with Crippen molar-refractivity contribution in [1.29, 1.82) is 0 Å². The lowest BCUT2D eigenvalue weighted by atomic mass is 9.52. The maximum Gasteiger partial charge on any atom is 0.229 e. The van der Waals surface area contributed by atoms with Gasteiger partial charge in [0.25, 0.3) is 0 Å². The molecule has 0 unspecified atom stereocenters. The minimum atomic E-state index is -2.25. The lowest BCUT2D eigenvalue weighted by molar-refractivity contribution is -0.381. The maximum absolute atomic E-state index is 15.7. The van der Waals surface area contributed by atoms with Crippen molar-refractivity contribution < 1.29 is 54.8 Å². The lowest BCUT2D eigenvalue weighted by Crippen LogP contribution is -2.79. The summed E-state index contributed by atoms with van der Waals surface area (Å²) in [5, 5.41) is 83.3. The molecule has 3 fully saturated rings. The van der Waals surface area contributed by atoms with E-state index in [0.717, 1.165) is 24.0 Å². The number of carbonyl (C=O) groups excluding carboxylic acids is 2. The van der Waals surface area contributed by atoms with Crippen LogP contribution in [-0.4, -0.2) is 106 Å². The Hall–Kier alpha value is -3.77. The van der Waals surface area contributed by atoms with Gasteiger partial charge < -0.3 is 50.5 Å². The van der Waals surface area contributed by atoms with Gasteiger partial charge in [-0.05, 0) is 91.5 Å². The first kappa shape index (κ1) is 42.5. The van der Waals surface area contributed by atoms with Crippen molar-refractivity contribution in [2.75, 3.05) is 24.4 Å². The van der Waals surface area contributed by atoms with Gasteiger partial charge in [0, 0.05) is 35.0 Å². The molecule has 0 amide bonds. The van der Waals surface area contributed by atoms with Crippen LogP contribution in [0.1, 0.15) is 88.8 Å². The summed E-state index contributed by atoms with van der Waals surface area (Å²) >= 11 is 0. The van der Waals surface area contributed by atoms with Crippen molar-refractivity contribution in [3.8, 4) is 5.75 Å². The molecule has 3 aromatic rings. The zero-order chi connectivity index (χ0) is 42.7. The molecule has 15 heteroatoms. The van der Waals surface area contributed by atoms with Crippen LogP contribution in [0.3, 0.4) is 0 Å². The first-order chi connectivity index (χ1) is 29.5. The Balaban J connectivity index is 1.21. The Bertz CT molecular complexity index is 2260. The Labute approximate surface area is 361 Å². The molecule has 8 N–H and O–H groups in total. The van der Waals surface area contributed by atoms with Gasteiger partial charge in [-0.15, -0.1) is 0 Å². The van der Waals surface area contributed by atoms with Gasteiger partial charge in [0.05, 0.1) is 30.6 Å². The summed E-state index contributed by atoms with van der Waals surface area (Å²) in [6.45, 7) is -1.05. The highest BCUT2D eigenvalue weighted by atomic mass is 33.1. The topological polar surface area (TPSA) is 219 Å². The number of hydrogen-bond donors (Lipinski definition) is 8. The van der Waals surface area contributed by atoms with Crippen LogP contribution in [0.2, 0.25) is 0 Å². The van der Waals surface area contributed by atoms with E-state index in [4.69, 9.17) is 9.47 Å². The number of rotatable bonds is 7. The average Bonchev–Trinajstić information content (AvgIpc) is 3.77. The van der Waals surface area contributed by atoms with E-state index in [9.17, 15) is 35.7 Å². The van der Waals surface area contributed by atoms with E-state index in [1.165, 1.54) is 39.8 Å². The van der Waals surface area contributed by atoms with Crippen LogP contribution < -0.4 is 10.1 Å². The van der Waals surface area contributed by atoms with Crippen molar-refractivity contribution in [3.05, 3.63) is 112 Å². The van der Waals surface area contributed by atoms with Crippen LogP contribution in [-0.2, 0) is 23.2 Å². The number of nitrogens with one attached hydrogen (secondary N) is 1. The highest BCUT2D eigenvalue weighted by molar-refractivity contribution is 8.77. The molecule has 2 aliphatic heterocycles. The first-order valence-corrected chi connectivity index (χ1v) is 23.5. The standard InChI is InChI=1S/C46H52N2O11S2/c49-17-5-10-35-45-31(20-28(21-34(45)52)19-26-6-3-7-27(18-26)23-50)38(53)30-8-4-9-32(37(30)39(45)54)58-41-40(55)46(57)33(11-15-44(24-51,59-41)42(46)56)43(13-1-2-14-43)29-12-16-47-36(22-29)48-25-60-61-35/h3-4,6-9,12,16,18,20-22,31,33,35,40-42,49-52,55-57H,1-2,5,10-11,13-15,17,19,23-25H2,(H,47,48)/t31-,33-,35-,40+,41-,42-,44-,45+,46-/m1/s1. The lowest BCUT2D eigenvalue weighted by Gasteiger charge is -2.62. The number of pyridine rings is 1. The number of carbonyl (C=O) groups is 2. The molecule has 3 heterocycles. The molecular formula is C46H52N2O11S2. The molecule has 2 aromatic carbocycles. The van der Waals surface area contributed by atoms with Gasteiger partial charge in [0.15, 0.2) is 11.6 Å². The highest BCUT2D eigenvalue weighted by Crippen LogP contribution is 2.61. The van der Waals surface area contributed by atoms with E-state index in [-0.39, 0.29) is 55.1 Å². The zero-order valence-electron chi connectivity index (χ0n) is 33.6.